The summed E-state index contributed by atoms with van der Waals surface area (Å²) >= 11 is 3.52. The third kappa shape index (κ3) is 17.4. The van der Waals surface area contributed by atoms with Crippen LogP contribution in [0.15, 0.2) is 114 Å². The number of pyridine rings is 3. The van der Waals surface area contributed by atoms with Crippen molar-refractivity contribution >= 4 is 95.3 Å². The van der Waals surface area contributed by atoms with Crippen molar-refractivity contribution in [2.24, 2.45) is 23.1 Å². The van der Waals surface area contributed by atoms with Gasteiger partial charge in [-0.15, -0.1) is 0 Å². The molecule has 0 saturated carbocycles. The molecule has 2 atom stereocenters. The Morgan fingerprint density at radius 3 is 1.21 bits per heavy atom. The summed E-state index contributed by atoms with van der Waals surface area (Å²) in [4.78, 5) is 96.5. The van der Waals surface area contributed by atoms with E-state index >= 15 is 0 Å². The maximum absolute atomic E-state index is 13.5. The SMILES string of the molecule is [C-]#[N+]c1ccc(-n2c(C)c(C(=O)CN3CCC(CN(C)C)CC3)c3ncc(Br)cc32)cc1.[C-]#[N+]c1ccc(-n2c(C)c(C(=O)CN3CCC(O)CC3)c3ncc(CC(N)C(N)=O)cc32)cc1.[C-]#[N+]c1ccc(-n2c(C)c(C(=O)CN3CCC(O)CC3)c3ncc(CC(OC)C(N)=O)cc32)cc1. The van der Waals surface area contributed by atoms with Crippen molar-refractivity contribution in [1.82, 2.24) is 48.3 Å². The molecule has 8 N–H and O–H groups in total. The van der Waals surface area contributed by atoms with E-state index in [1.807, 2.05) is 84.5 Å². The molecule has 9 aromatic rings. The maximum Gasteiger partial charge on any atom is 0.246 e. The predicted molar refractivity (Wildman–Crippen MR) is 393 cm³/mol. The van der Waals surface area contributed by atoms with Crippen molar-refractivity contribution in [3.63, 3.8) is 0 Å². The van der Waals surface area contributed by atoms with E-state index in [1.54, 1.807) is 55.0 Å². The van der Waals surface area contributed by atoms with Crippen LogP contribution in [0, 0.1) is 46.4 Å². The highest BCUT2D eigenvalue weighted by molar-refractivity contribution is 9.10. The van der Waals surface area contributed by atoms with Gasteiger partial charge in [-0.1, -0.05) is 36.4 Å². The highest BCUT2D eigenvalue weighted by Crippen LogP contribution is 2.35. The number of nitrogens with zero attached hydrogens (tertiary/aromatic N) is 13. The average molecular weight is 1430 g/mol. The minimum Gasteiger partial charge on any atom is -0.393 e. The van der Waals surface area contributed by atoms with Crippen molar-refractivity contribution in [1.29, 1.82) is 0 Å². The lowest BCUT2D eigenvalue weighted by Gasteiger charge is -2.32. The van der Waals surface area contributed by atoms with Crippen molar-refractivity contribution in [3.8, 4) is 17.1 Å². The first-order valence-corrected chi connectivity index (χ1v) is 34.5. The predicted octanol–water partition coefficient (Wildman–Crippen LogP) is 9.55. The Balaban J connectivity index is 0.000000164. The van der Waals surface area contributed by atoms with Gasteiger partial charge in [0.15, 0.2) is 34.4 Å². The molecule has 3 aromatic carbocycles. The minimum absolute atomic E-state index is 0.0347. The third-order valence-corrected chi connectivity index (χ3v) is 19.6. The van der Waals surface area contributed by atoms with Gasteiger partial charge < -0.3 is 50.8 Å². The van der Waals surface area contributed by atoms with E-state index in [0.29, 0.717) is 109 Å². The van der Waals surface area contributed by atoms with Crippen LogP contribution in [-0.2, 0) is 27.2 Å². The van der Waals surface area contributed by atoms with Gasteiger partial charge in [-0.05, 0) is 180 Å². The zero-order valence-electron chi connectivity index (χ0n) is 57.8. The van der Waals surface area contributed by atoms with E-state index in [9.17, 15) is 34.2 Å². The number of likely N-dealkylation sites (tertiary alicyclic amines) is 3. The molecule has 0 radical (unpaired) electrons. The Kier molecular flexibility index (Phi) is 24.3. The average Bonchev–Trinajstić information content (AvgIpc) is 1.62. The first-order chi connectivity index (χ1) is 48.5. The molecule has 0 bridgehead atoms. The number of benzene rings is 3. The fourth-order valence-corrected chi connectivity index (χ4v) is 14.2. The molecule has 24 nitrogen and oxygen atoms in total. The standard InChI is InChI=1S/C26H29N5O4.C25H28BrN5O.C25H28N6O3/c1-16-24(22(33)15-30-10-8-20(32)9-11-30)25-21(31(16)19-6-4-18(28-2)5-7-19)12-17(14-29-25)13-23(35-3)26(27)34;1-17-24(23(32)16-30-11-9-18(10-12-30)15-29(3)4)25-22(13-19(26)14-28-25)31(17)21-7-5-20(27-2)6-8-21;1-15-23(22(33)14-30-9-7-19(32)8-10-30)24-21(12-16(13-29-24)11-20(26)25(27)34)31(15)18-5-3-17(28-2)4-6-18/h4-7,12,14,20,23,32H,8-11,13,15H2,1,3H3,(H2,27,34);5-8,13-14,18H,9-12,15-16H2,1,3-4H3;3-6,12-13,19-20,32H,7-11,14,26H2,1H3,(H2,27,34). The fourth-order valence-electron chi connectivity index (χ4n) is 13.9. The number of ketones is 3. The molecular formula is C76H85BrN16O8. The smallest absolute Gasteiger partial charge is 0.246 e. The summed E-state index contributed by atoms with van der Waals surface area (Å²) in [6, 6.07) is 26.7. The van der Waals surface area contributed by atoms with Gasteiger partial charge in [0.1, 0.15) is 6.10 Å². The van der Waals surface area contributed by atoms with Crippen molar-refractivity contribution in [2.45, 2.75) is 96.5 Å². The number of hydrogen-bond acceptors (Lipinski definition) is 16. The molecular weight excluding hydrogens is 1340 g/mol. The van der Waals surface area contributed by atoms with Crippen molar-refractivity contribution in [3.05, 3.63) is 193 Å². The summed E-state index contributed by atoms with van der Waals surface area (Å²) in [5, 5.41) is 19.6. The maximum atomic E-state index is 13.5. The molecule has 101 heavy (non-hydrogen) atoms. The number of carbonyl (C=O) groups excluding carboxylic acids is 5. The number of halogens is 1. The lowest BCUT2D eigenvalue weighted by atomic mass is 9.96. The Morgan fingerprint density at radius 2 is 0.881 bits per heavy atom. The molecule has 9 heterocycles. The van der Waals surface area contributed by atoms with Crippen LogP contribution in [-0.4, -0.2) is 199 Å². The molecule has 6 aromatic heterocycles. The normalized spacial score (nSPS) is 15.6. The zero-order valence-corrected chi connectivity index (χ0v) is 59.4. The van der Waals surface area contributed by atoms with E-state index in [2.05, 4.69) is 83.7 Å². The number of aliphatic hydroxyl groups excluding tert-OH is 2. The second-order valence-electron chi connectivity index (χ2n) is 26.5. The summed E-state index contributed by atoms with van der Waals surface area (Å²) < 4.78 is 12.0. The molecule has 2 unspecified atom stereocenters. The number of hydrogen-bond donors (Lipinski definition) is 5. The topological polar surface area (TPSA) is 293 Å². The number of nitrogens with two attached hydrogens (primary N) is 3. The van der Waals surface area contributed by atoms with Crippen molar-refractivity contribution < 1.29 is 38.9 Å². The first kappa shape index (κ1) is 74.0. The number of aromatic nitrogens is 6. The van der Waals surface area contributed by atoms with Crippen LogP contribution < -0.4 is 17.2 Å². The molecule has 3 fully saturated rings. The molecule has 0 aliphatic carbocycles. The van der Waals surface area contributed by atoms with Crippen LogP contribution in [0.5, 0.6) is 0 Å². The quantitative estimate of drug-likeness (QED) is 0.0330. The second-order valence-corrected chi connectivity index (χ2v) is 27.4. The highest BCUT2D eigenvalue weighted by Gasteiger charge is 2.31. The zero-order chi connectivity index (χ0) is 72.3. The number of amides is 2. The summed E-state index contributed by atoms with van der Waals surface area (Å²) in [5.41, 5.74) is 30.7. The number of aliphatic hydroxyl groups is 2. The second kappa shape index (κ2) is 33.2. The van der Waals surface area contributed by atoms with Crippen LogP contribution in [0.25, 0.3) is 64.7 Å². The van der Waals surface area contributed by atoms with E-state index in [0.717, 1.165) is 104 Å². The number of Topliss-reactive ketones (excluding diaryl/α,β-unsaturated/α-hetero) is 3. The van der Waals surface area contributed by atoms with Gasteiger partial charge in [-0.25, -0.2) is 14.5 Å². The van der Waals surface area contributed by atoms with Crippen molar-refractivity contribution in [2.75, 3.05) is 86.7 Å². The molecule has 524 valence electrons. The van der Waals surface area contributed by atoms with Crippen LogP contribution >= 0.6 is 15.9 Å². The Bertz CT molecular complexity index is 4650. The summed E-state index contributed by atoms with van der Waals surface area (Å²) in [5.74, 6) is -0.403. The molecule has 3 aliphatic rings. The van der Waals surface area contributed by atoms with Gasteiger partial charge in [0.05, 0.1) is 107 Å². The van der Waals surface area contributed by atoms with Crippen LogP contribution in [0.3, 0.4) is 0 Å². The number of methoxy groups -OCH3 is 1. The molecule has 3 aliphatic heterocycles. The summed E-state index contributed by atoms with van der Waals surface area (Å²) in [7, 11) is 5.67. The minimum atomic E-state index is -0.836. The number of piperidine rings is 3. The van der Waals surface area contributed by atoms with Gasteiger partial charge in [-0.3, -0.25) is 53.6 Å². The van der Waals surface area contributed by atoms with Crippen LogP contribution in [0.2, 0.25) is 0 Å². The molecule has 0 spiro atoms. The van der Waals surface area contributed by atoms with E-state index < -0.39 is 24.0 Å². The number of carbonyl (C=O) groups is 5. The number of ether oxygens (including phenoxy) is 1. The Morgan fingerprint density at radius 1 is 0.545 bits per heavy atom. The van der Waals surface area contributed by atoms with Crippen LogP contribution in [0.4, 0.5) is 17.1 Å². The molecule has 12 rings (SSSR count). The van der Waals surface area contributed by atoms with Crippen LogP contribution in [0.1, 0.15) is 97.8 Å². The Labute approximate surface area is 595 Å². The summed E-state index contributed by atoms with van der Waals surface area (Å²) in [6.45, 7) is 34.0. The summed E-state index contributed by atoms with van der Waals surface area (Å²) in [6.07, 6.45) is 9.01. The first-order valence-electron chi connectivity index (χ1n) is 33.7. The van der Waals surface area contributed by atoms with E-state index in [4.69, 9.17) is 41.7 Å². The van der Waals surface area contributed by atoms with Gasteiger partial charge in [0.2, 0.25) is 11.8 Å². The third-order valence-electron chi connectivity index (χ3n) is 19.1. The molecule has 25 heteroatoms. The monoisotopic (exact) mass is 1430 g/mol. The van der Waals surface area contributed by atoms with E-state index in [-0.39, 0.29) is 55.5 Å². The van der Waals surface area contributed by atoms with Gasteiger partial charge in [0.25, 0.3) is 0 Å². The lowest BCUT2D eigenvalue weighted by molar-refractivity contribution is -0.127. The number of rotatable bonds is 21. The largest absolute Gasteiger partial charge is 0.393 e. The fraction of sp³-hybridized carbons (Fsp3) is 0.382. The van der Waals surface area contributed by atoms with E-state index in [1.165, 1.54) is 7.11 Å². The Hall–Kier alpha value is -9.69. The van der Waals surface area contributed by atoms with Gasteiger partial charge in [-0.2, -0.15) is 0 Å². The molecule has 2 amide bonds. The molecule has 3 saturated heterocycles. The lowest BCUT2D eigenvalue weighted by Crippen LogP contribution is -2.39. The van der Waals surface area contributed by atoms with Gasteiger partial charge >= 0.3 is 0 Å². The van der Waals surface area contributed by atoms with Gasteiger partial charge in [0, 0.05) is 103 Å². The highest BCUT2D eigenvalue weighted by atomic mass is 79.9. The number of primary amides is 2. The number of fused-ring (bicyclic) bond motifs is 3.